The summed E-state index contributed by atoms with van der Waals surface area (Å²) in [6, 6.07) is 3.14. The molecule has 25 heavy (non-hydrogen) atoms. The van der Waals surface area contributed by atoms with Gasteiger partial charge in [0.2, 0.25) is 5.43 Å². The zero-order valence-electron chi connectivity index (χ0n) is 13.9. The number of rotatable bonds is 2. The van der Waals surface area contributed by atoms with Crippen LogP contribution in [-0.4, -0.2) is 25.3 Å². The van der Waals surface area contributed by atoms with E-state index in [2.05, 4.69) is 15.0 Å². The molecule has 4 aromatic rings. The number of H-pyrrole nitrogens is 2. The second-order valence-electron chi connectivity index (χ2n) is 6.61. The number of primary amides is 1. The van der Waals surface area contributed by atoms with Crippen molar-refractivity contribution in [3.63, 3.8) is 0 Å². The fourth-order valence-electron chi connectivity index (χ4n) is 3.16. The maximum atomic E-state index is 14.3. The molecule has 0 saturated carbocycles. The number of aromatic amines is 2. The largest absolute Gasteiger partial charge is 0.365 e. The number of fused-ring (bicyclic) bond motifs is 5. The number of halogens is 1. The van der Waals surface area contributed by atoms with E-state index >= 15 is 0 Å². The molecule has 4 N–H and O–H groups in total. The highest BCUT2D eigenvalue weighted by molar-refractivity contribution is 6.12. The smallest absolute Gasteiger partial charge is 0.254 e. The third-order valence-corrected chi connectivity index (χ3v) is 4.40. The van der Waals surface area contributed by atoms with Crippen LogP contribution in [0.5, 0.6) is 0 Å². The van der Waals surface area contributed by atoms with Crippen molar-refractivity contribution in [2.24, 2.45) is 5.73 Å². The normalized spacial score (nSPS) is 12.5. The fraction of sp³-hybridized carbons (Fsp3) is 0.235. The number of benzene rings is 1. The molecular weight excluding hydrogens is 325 g/mol. The van der Waals surface area contributed by atoms with Gasteiger partial charge in [0.05, 0.1) is 16.7 Å². The molecule has 0 radical (unpaired) electrons. The van der Waals surface area contributed by atoms with Gasteiger partial charge in [-0.15, -0.1) is 0 Å². The number of aryl methyl sites for hydroxylation is 1. The monoisotopic (exact) mass is 341 g/mol. The van der Waals surface area contributed by atoms with Crippen LogP contribution in [0, 0.1) is 6.92 Å². The number of hydrogen-bond donors (Lipinski definition) is 3. The van der Waals surface area contributed by atoms with Gasteiger partial charge in [-0.25, -0.2) is 9.37 Å². The number of imidazole rings is 1. The highest BCUT2D eigenvalue weighted by Gasteiger charge is 2.26. The number of carbonyl (C=O) groups excluding carboxylic acids is 1. The van der Waals surface area contributed by atoms with Gasteiger partial charge in [-0.2, -0.15) is 0 Å². The Bertz CT molecular complexity index is 1240. The molecule has 3 heterocycles. The van der Waals surface area contributed by atoms with E-state index in [4.69, 9.17) is 5.73 Å². The molecule has 0 aliphatic carbocycles. The standard InChI is InChI=1S/C17H16FN5O2/c1-7-4-5-8(24)11-13(7)23-15(22-11)10(14(19)25)12-16(23)20-6-9(21-12)17(2,3)18/h4-6,20-21H,1-3H3,(H2,19,25). The topological polar surface area (TPSA) is 109 Å². The predicted octanol–water partition coefficient (Wildman–Crippen LogP) is 2.27. The molecule has 0 fully saturated rings. The summed E-state index contributed by atoms with van der Waals surface area (Å²) in [6.45, 7) is 4.65. The summed E-state index contributed by atoms with van der Waals surface area (Å²) in [5, 5.41) is 0. The first-order valence-electron chi connectivity index (χ1n) is 7.74. The Kier molecular flexibility index (Phi) is 2.88. The van der Waals surface area contributed by atoms with E-state index in [9.17, 15) is 14.0 Å². The minimum Gasteiger partial charge on any atom is -0.365 e. The average molecular weight is 341 g/mol. The van der Waals surface area contributed by atoms with Gasteiger partial charge in [0.1, 0.15) is 22.4 Å². The van der Waals surface area contributed by atoms with Crippen LogP contribution in [0.15, 0.2) is 23.1 Å². The molecule has 7 nitrogen and oxygen atoms in total. The maximum absolute atomic E-state index is 14.3. The first-order chi connectivity index (χ1) is 11.7. The second-order valence-corrected chi connectivity index (χ2v) is 6.61. The molecule has 1 aromatic carbocycles. The van der Waals surface area contributed by atoms with Crippen molar-refractivity contribution >= 4 is 33.8 Å². The second kappa shape index (κ2) is 4.69. The molecule has 0 unspecified atom stereocenters. The van der Waals surface area contributed by atoms with Crippen molar-refractivity contribution in [1.82, 2.24) is 19.4 Å². The third kappa shape index (κ3) is 2.00. The zero-order chi connectivity index (χ0) is 18.1. The van der Waals surface area contributed by atoms with Crippen molar-refractivity contribution in [2.75, 3.05) is 0 Å². The summed E-state index contributed by atoms with van der Waals surface area (Å²) in [7, 11) is 0. The molecule has 0 saturated heterocycles. The molecule has 0 spiro atoms. The van der Waals surface area contributed by atoms with Gasteiger partial charge >= 0.3 is 0 Å². The Morgan fingerprint density at radius 1 is 1.36 bits per heavy atom. The summed E-state index contributed by atoms with van der Waals surface area (Å²) in [6.07, 6.45) is 1.49. The Morgan fingerprint density at radius 2 is 2.08 bits per heavy atom. The lowest BCUT2D eigenvalue weighted by Gasteiger charge is -2.14. The number of carbonyl (C=O) groups is 1. The average Bonchev–Trinajstić information content (AvgIpc) is 3.04. The Labute approximate surface area is 140 Å². The minimum atomic E-state index is -1.64. The van der Waals surface area contributed by atoms with Gasteiger partial charge < -0.3 is 15.7 Å². The molecule has 3 aromatic heterocycles. The summed E-state index contributed by atoms with van der Waals surface area (Å²) in [5.74, 6) is -0.709. The number of alkyl halides is 1. The zero-order valence-corrected chi connectivity index (χ0v) is 13.9. The Morgan fingerprint density at radius 3 is 2.72 bits per heavy atom. The summed E-state index contributed by atoms with van der Waals surface area (Å²) in [4.78, 5) is 34.5. The van der Waals surface area contributed by atoms with Gasteiger partial charge in [-0.3, -0.25) is 14.0 Å². The van der Waals surface area contributed by atoms with Gasteiger partial charge in [0, 0.05) is 6.20 Å². The van der Waals surface area contributed by atoms with Crippen molar-refractivity contribution in [3.8, 4) is 0 Å². The summed E-state index contributed by atoms with van der Waals surface area (Å²) in [5.41, 5.74) is 6.86. The number of amides is 1. The quantitative estimate of drug-likeness (QED) is 0.520. The summed E-state index contributed by atoms with van der Waals surface area (Å²) < 4.78 is 16.0. The summed E-state index contributed by atoms with van der Waals surface area (Å²) >= 11 is 0. The number of nitrogens with zero attached hydrogens (tertiary/aromatic N) is 2. The van der Waals surface area contributed by atoms with Crippen LogP contribution in [0.1, 0.15) is 35.5 Å². The molecular formula is C17H16FN5O2. The fourth-order valence-corrected chi connectivity index (χ4v) is 3.16. The van der Waals surface area contributed by atoms with Crippen LogP contribution < -0.4 is 11.2 Å². The first kappa shape index (κ1) is 15.4. The van der Waals surface area contributed by atoms with Crippen LogP contribution in [0.2, 0.25) is 0 Å². The van der Waals surface area contributed by atoms with Crippen molar-refractivity contribution in [2.45, 2.75) is 26.4 Å². The van der Waals surface area contributed by atoms with E-state index in [1.54, 1.807) is 10.5 Å². The molecule has 128 valence electrons. The predicted molar refractivity (Wildman–Crippen MR) is 92.6 cm³/mol. The van der Waals surface area contributed by atoms with E-state index in [1.165, 1.54) is 26.1 Å². The lowest BCUT2D eigenvalue weighted by atomic mass is 10.1. The molecule has 0 bridgehead atoms. The number of nitrogens with one attached hydrogen (secondary N) is 2. The Balaban J connectivity index is 2.29. The van der Waals surface area contributed by atoms with Crippen molar-refractivity contribution < 1.29 is 9.18 Å². The van der Waals surface area contributed by atoms with Crippen molar-refractivity contribution in [1.29, 1.82) is 0 Å². The van der Waals surface area contributed by atoms with Crippen LogP contribution in [0.25, 0.3) is 27.8 Å². The molecule has 0 aliphatic rings. The van der Waals surface area contributed by atoms with E-state index in [-0.39, 0.29) is 27.9 Å². The van der Waals surface area contributed by atoms with E-state index in [0.717, 1.165) is 5.56 Å². The van der Waals surface area contributed by atoms with Crippen LogP contribution in [0.4, 0.5) is 4.39 Å². The maximum Gasteiger partial charge on any atom is 0.254 e. The lowest BCUT2D eigenvalue weighted by Crippen LogP contribution is -2.14. The highest BCUT2D eigenvalue weighted by atomic mass is 19.1. The van der Waals surface area contributed by atoms with Gasteiger partial charge in [-0.05, 0) is 32.4 Å². The van der Waals surface area contributed by atoms with Gasteiger partial charge in [-0.1, -0.05) is 6.07 Å². The van der Waals surface area contributed by atoms with Gasteiger partial charge in [0.15, 0.2) is 5.65 Å². The van der Waals surface area contributed by atoms with Crippen LogP contribution in [0.3, 0.4) is 0 Å². The SMILES string of the molecule is Cc1ccc(=O)c2nc3c(C(N)=O)c4[nH]c(C(C)(C)F)c[nH]c4n3c12. The molecule has 1 amide bonds. The van der Waals surface area contributed by atoms with Gasteiger partial charge in [0.25, 0.3) is 5.91 Å². The van der Waals surface area contributed by atoms with Crippen LogP contribution >= 0.6 is 0 Å². The minimum absolute atomic E-state index is 0.118. The number of aromatic nitrogens is 4. The van der Waals surface area contributed by atoms with E-state index < -0.39 is 11.6 Å². The first-order valence-corrected chi connectivity index (χ1v) is 7.74. The molecule has 0 atom stereocenters. The third-order valence-electron chi connectivity index (χ3n) is 4.40. The number of nitrogens with two attached hydrogens (primary N) is 1. The molecule has 4 rings (SSSR count). The van der Waals surface area contributed by atoms with E-state index in [1.807, 2.05) is 6.92 Å². The Hall–Kier alpha value is -3.16. The lowest BCUT2D eigenvalue weighted by molar-refractivity contribution is 0.100. The van der Waals surface area contributed by atoms with E-state index in [0.29, 0.717) is 16.7 Å². The highest BCUT2D eigenvalue weighted by Crippen LogP contribution is 2.31. The number of hydrogen-bond acceptors (Lipinski definition) is 3. The van der Waals surface area contributed by atoms with Crippen molar-refractivity contribution in [3.05, 3.63) is 45.4 Å². The van der Waals surface area contributed by atoms with Crippen LogP contribution in [-0.2, 0) is 5.67 Å². The molecule has 0 aliphatic heterocycles. The molecule has 8 heteroatoms.